The molecule has 1 aromatic carbocycles. The highest BCUT2D eigenvalue weighted by Gasteiger charge is 2.17. The summed E-state index contributed by atoms with van der Waals surface area (Å²) in [6.45, 7) is 1.78. The van der Waals surface area contributed by atoms with Crippen LogP contribution in [0.15, 0.2) is 34.7 Å². The molecule has 5 heteroatoms. The van der Waals surface area contributed by atoms with Gasteiger partial charge in [0.1, 0.15) is 11.6 Å². The van der Waals surface area contributed by atoms with Gasteiger partial charge in [0.05, 0.1) is 13.2 Å². The zero-order valence-electron chi connectivity index (χ0n) is 10.6. The third-order valence-electron chi connectivity index (χ3n) is 2.74. The number of ether oxygens (including phenoxy) is 1. The number of aryl methyl sites for hydroxylation is 1. The first-order valence-corrected chi connectivity index (χ1v) is 5.72. The van der Waals surface area contributed by atoms with Crippen molar-refractivity contribution >= 4 is 5.97 Å². The highest BCUT2D eigenvalue weighted by Crippen LogP contribution is 2.23. The Kier molecular flexibility index (Phi) is 3.66. The topological polar surface area (TPSA) is 65.5 Å². The van der Waals surface area contributed by atoms with Crippen LogP contribution in [-0.2, 0) is 4.74 Å². The first-order valence-electron chi connectivity index (χ1n) is 5.72. The van der Waals surface area contributed by atoms with Gasteiger partial charge in [-0.05, 0) is 42.3 Å². The summed E-state index contributed by atoms with van der Waals surface area (Å²) < 4.78 is 23.2. The number of methoxy groups -OCH3 is 1. The first kappa shape index (κ1) is 13.3. The van der Waals surface area contributed by atoms with E-state index in [1.807, 2.05) is 0 Å². The van der Waals surface area contributed by atoms with Gasteiger partial charge in [-0.1, -0.05) is 6.07 Å². The van der Waals surface area contributed by atoms with Crippen LogP contribution in [0.1, 0.15) is 33.5 Å². The minimum Gasteiger partial charge on any atom is -0.463 e. The third-order valence-corrected chi connectivity index (χ3v) is 2.74. The maximum atomic E-state index is 13.3. The molecule has 0 radical (unpaired) electrons. The maximum absolute atomic E-state index is 13.3. The molecule has 0 amide bonds. The van der Waals surface area contributed by atoms with Crippen LogP contribution in [-0.4, -0.2) is 13.1 Å². The van der Waals surface area contributed by atoms with Crippen molar-refractivity contribution in [3.05, 3.63) is 58.8 Å². The van der Waals surface area contributed by atoms with E-state index in [1.165, 1.54) is 25.3 Å². The molecule has 0 aliphatic heterocycles. The summed E-state index contributed by atoms with van der Waals surface area (Å²) in [6.07, 6.45) is 0. The van der Waals surface area contributed by atoms with E-state index in [0.717, 1.165) is 5.56 Å². The second-order valence-corrected chi connectivity index (χ2v) is 4.23. The van der Waals surface area contributed by atoms with Gasteiger partial charge in [-0.15, -0.1) is 0 Å². The van der Waals surface area contributed by atoms with E-state index in [2.05, 4.69) is 4.74 Å². The molecule has 1 aromatic heterocycles. The number of benzene rings is 1. The highest BCUT2D eigenvalue weighted by atomic mass is 19.1. The van der Waals surface area contributed by atoms with E-state index >= 15 is 0 Å². The smallest absolute Gasteiger partial charge is 0.373 e. The predicted octanol–water partition coefficient (Wildman–Crippen LogP) is 2.56. The van der Waals surface area contributed by atoms with E-state index < -0.39 is 12.0 Å². The summed E-state index contributed by atoms with van der Waals surface area (Å²) in [5.41, 5.74) is 7.35. The number of carbonyl (C=O) groups is 1. The van der Waals surface area contributed by atoms with Gasteiger partial charge in [0, 0.05) is 0 Å². The number of hydrogen-bond donors (Lipinski definition) is 1. The Bertz CT molecular complexity index is 586. The van der Waals surface area contributed by atoms with Gasteiger partial charge < -0.3 is 14.9 Å². The Morgan fingerprint density at radius 1 is 1.37 bits per heavy atom. The number of hydrogen-bond acceptors (Lipinski definition) is 4. The minimum absolute atomic E-state index is 0.0704. The summed E-state index contributed by atoms with van der Waals surface area (Å²) in [6, 6.07) is 6.96. The van der Waals surface area contributed by atoms with E-state index in [9.17, 15) is 9.18 Å². The van der Waals surface area contributed by atoms with Crippen LogP contribution in [0.2, 0.25) is 0 Å². The van der Waals surface area contributed by atoms with Crippen LogP contribution in [0.25, 0.3) is 0 Å². The van der Waals surface area contributed by atoms with Gasteiger partial charge in [-0.2, -0.15) is 0 Å². The van der Waals surface area contributed by atoms with Crippen LogP contribution < -0.4 is 5.73 Å². The molecule has 19 heavy (non-hydrogen) atoms. The van der Waals surface area contributed by atoms with Crippen molar-refractivity contribution in [2.75, 3.05) is 7.11 Å². The van der Waals surface area contributed by atoms with Crippen molar-refractivity contribution in [2.24, 2.45) is 5.73 Å². The second kappa shape index (κ2) is 5.24. The third kappa shape index (κ3) is 2.82. The molecule has 2 rings (SSSR count). The van der Waals surface area contributed by atoms with Crippen molar-refractivity contribution in [3.63, 3.8) is 0 Å². The van der Waals surface area contributed by atoms with E-state index in [-0.39, 0.29) is 11.6 Å². The Balaban J connectivity index is 2.30. The summed E-state index contributed by atoms with van der Waals surface area (Å²) in [7, 11) is 1.26. The molecule has 1 heterocycles. The van der Waals surface area contributed by atoms with Crippen LogP contribution in [0.4, 0.5) is 4.39 Å². The van der Waals surface area contributed by atoms with Crippen molar-refractivity contribution in [1.82, 2.24) is 0 Å². The van der Waals surface area contributed by atoms with E-state index in [1.54, 1.807) is 19.1 Å². The number of esters is 1. The molecule has 0 aliphatic carbocycles. The lowest BCUT2D eigenvalue weighted by Gasteiger charge is -2.10. The number of rotatable bonds is 3. The lowest BCUT2D eigenvalue weighted by molar-refractivity contribution is 0.0562. The van der Waals surface area contributed by atoms with Gasteiger partial charge in [0.25, 0.3) is 0 Å². The minimum atomic E-state index is -0.632. The summed E-state index contributed by atoms with van der Waals surface area (Å²) in [5.74, 6) is -0.481. The highest BCUT2D eigenvalue weighted by molar-refractivity contribution is 5.86. The number of nitrogens with two attached hydrogens (primary N) is 1. The lowest BCUT2D eigenvalue weighted by Crippen LogP contribution is -2.11. The van der Waals surface area contributed by atoms with Crippen molar-refractivity contribution in [3.8, 4) is 0 Å². The van der Waals surface area contributed by atoms with Gasteiger partial charge in [-0.25, -0.2) is 9.18 Å². The van der Waals surface area contributed by atoms with E-state index in [0.29, 0.717) is 11.3 Å². The second-order valence-electron chi connectivity index (χ2n) is 4.23. The van der Waals surface area contributed by atoms with E-state index in [4.69, 9.17) is 10.2 Å². The molecule has 1 atom stereocenters. The molecule has 2 N–H and O–H groups in total. The van der Waals surface area contributed by atoms with Crippen molar-refractivity contribution < 1.29 is 18.3 Å². The number of furan rings is 1. The normalized spacial score (nSPS) is 12.2. The molecule has 4 nitrogen and oxygen atoms in total. The Labute approximate surface area is 110 Å². The molecule has 1 unspecified atom stereocenters. The first-order chi connectivity index (χ1) is 9.01. The van der Waals surface area contributed by atoms with Gasteiger partial charge in [0.2, 0.25) is 5.76 Å². The van der Waals surface area contributed by atoms with Crippen LogP contribution in [0.5, 0.6) is 0 Å². The lowest BCUT2D eigenvalue weighted by atomic mass is 10.0. The summed E-state index contributed by atoms with van der Waals surface area (Å²) in [4.78, 5) is 11.3. The standard InChI is InChI=1S/C14H14FNO3/c1-8-5-9(7-10(15)6-8)13(16)11-3-4-12(19-11)14(17)18-2/h3-7,13H,16H2,1-2H3. The average molecular weight is 263 g/mol. The van der Waals surface area contributed by atoms with Crippen molar-refractivity contribution in [2.45, 2.75) is 13.0 Å². The fraction of sp³-hybridized carbons (Fsp3) is 0.214. The molecule has 0 spiro atoms. The Morgan fingerprint density at radius 2 is 2.11 bits per heavy atom. The molecule has 0 saturated heterocycles. The monoisotopic (exact) mass is 263 g/mol. The molecular formula is C14H14FNO3. The van der Waals surface area contributed by atoms with Gasteiger partial charge in [-0.3, -0.25) is 0 Å². The largest absolute Gasteiger partial charge is 0.463 e. The maximum Gasteiger partial charge on any atom is 0.373 e. The Hall–Kier alpha value is -2.14. The molecule has 0 bridgehead atoms. The zero-order valence-corrected chi connectivity index (χ0v) is 10.6. The van der Waals surface area contributed by atoms with Crippen molar-refractivity contribution in [1.29, 1.82) is 0 Å². The Morgan fingerprint density at radius 3 is 2.74 bits per heavy atom. The summed E-state index contributed by atoms with van der Waals surface area (Å²) in [5, 5.41) is 0. The quantitative estimate of drug-likeness (QED) is 0.864. The molecule has 0 aliphatic rings. The van der Waals surface area contributed by atoms with Crippen LogP contribution in [0.3, 0.4) is 0 Å². The fourth-order valence-electron chi connectivity index (χ4n) is 1.84. The summed E-state index contributed by atoms with van der Waals surface area (Å²) >= 11 is 0. The molecule has 0 saturated carbocycles. The molecule has 0 fully saturated rings. The SMILES string of the molecule is COC(=O)c1ccc(C(N)c2cc(C)cc(F)c2)o1. The molecular weight excluding hydrogens is 249 g/mol. The molecule has 100 valence electrons. The zero-order chi connectivity index (χ0) is 14.0. The molecule has 2 aromatic rings. The number of halogens is 1. The average Bonchev–Trinajstić information content (AvgIpc) is 2.85. The van der Waals surface area contributed by atoms with Crippen LogP contribution >= 0.6 is 0 Å². The van der Waals surface area contributed by atoms with Gasteiger partial charge >= 0.3 is 5.97 Å². The number of carbonyl (C=O) groups excluding carboxylic acids is 1. The fourth-order valence-corrected chi connectivity index (χ4v) is 1.84. The van der Waals surface area contributed by atoms with Crippen LogP contribution in [0, 0.1) is 12.7 Å². The predicted molar refractivity (Wildman–Crippen MR) is 67.2 cm³/mol. The van der Waals surface area contributed by atoms with Gasteiger partial charge in [0.15, 0.2) is 0 Å².